The van der Waals surface area contributed by atoms with Crippen molar-refractivity contribution < 1.29 is 19.5 Å². The molecule has 0 saturated heterocycles. The third kappa shape index (κ3) is 3.66. The quantitative estimate of drug-likeness (QED) is 0.888. The average molecular weight is 314 g/mol. The Hall–Kier alpha value is -2.04. The van der Waals surface area contributed by atoms with E-state index in [0.29, 0.717) is 0 Å². The van der Waals surface area contributed by atoms with Gasteiger partial charge < -0.3 is 19.5 Å². The molecule has 0 amide bonds. The highest BCUT2D eigenvalue weighted by Gasteiger charge is 2.21. The summed E-state index contributed by atoms with van der Waals surface area (Å²) in [4.78, 5) is 0. The van der Waals surface area contributed by atoms with Gasteiger partial charge in [-0.15, -0.1) is 0 Å². The summed E-state index contributed by atoms with van der Waals surface area (Å²) in [5.74, 6) is 1.68. The van der Waals surface area contributed by atoms with Crippen molar-refractivity contribution >= 4 is 0 Å². The lowest BCUT2D eigenvalue weighted by Gasteiger charge is -2.24. The maximum atomic E-state index is 5.95. The number of hydrogen-bond donors (Lipinski definition) is 1. The summed E-state index contributed by atoms with van der Waals surface area (Å²) >= 11 is 0. The van der Waals surface area contributed by atoms with Crippen LogP contribution >= 0.6 is 0 Å². The van der Waals surface area contributed by atoms with E-state index in [0.717, 1.165) is 43.2 Å². The SMILES string of the molecule is COc1ccc(C[NH2+]C[C@H]2OCCc3ccccc32)c(OC)c1. The summed E-state index contributed by atoms with van der Waals surface area (Å²) in [5, 5.41) is 2.27. The van der Waals surface area contributed by atoms with Crippen LogP contribution in [0.3, 0.4) is 0 Å². The first kappa shape index (κ1) is 15.8. The van der Waals surface area contributed by atoms with E-state index >= 15 is 0 Å². The Morgan fingerprint density at radius 1 is 1.13 bits per heavy atom. The molecule has 0 aromatic heterocycles. The van der Waals surface area contributed by atoms with Crippen molar-refractivity contribution in [1.82, 2.24) is 0 Å². The number of fused-ring (bicyclic) bond motifs is 1. The first-order valence-corrected chi connectivity index (χ1v) is 8.04. The molecule has 4 heteroatoms. The second-order valence-electron chi connectivity index (χ2n) is 5.71. The Kier molecular flexibility index (Phi) is 5.16. The summed E-state index contributed by atoms with van der Waals surface area (Å²) < 4.78 is 16.6. The van der Waals surface area contributed by atoms with Crippen molar-refractivity contribution in [2.24, 2.45) is 0 Å². The second kappa shape index (κ2) is 7.49. The zero-order valence-corrected chi connectivity index (χ0v) is 13.7. The van der Waals surface area contributed by atoms with Gasteiger partial charge in [-0.3, -0.25) is 0 Å². The van der Waals surface area contributed by atoms with Crippen molar-refractivity contribution in [3.8, 4) is 11.5 Å². The van der Waals surface area contributed by atoms with Crippen molar-refractivity contribution in [2.75, 3.05) is 27.4 Å². The lowest BCUT2D eigenvalue weighted by atomic mass is 9.97. The van der Waals surface area contributed by atoms with Crippen LogP contribution in [-0.2, 0) is 17.7 Å². The minimum atomic E-state index is 0.171. The molecule has 0 bridgehead atoms. The molecule has 2 aromatic rings. The molecule has 4 nitrogen and oxygen atoms in total. The number of hydrogen-bond acceptors (Lipinski definition) is 3. The number of methoxy groups -OCH3 is 2. The molecule has 23 heavy (non-hydrogen) atoms. The van der Waals surface area contributed by atoms with Crippen LogP contribution in [0.4, 0.5) is 0 Å². The van der Waals surface area contributed by atoms with Gasteiger partial charge in [-0.05, 0) is 29.7 Å². The van der Waals surface area contributed by atoms with Crippen molar-refractivity contribution in [3.63, 3.8) is 0 Å². The molecule has 0 saturated carbocycles. The van der Waals surface area contributed by atoms with E-state index in [4.69, 9.17) is 14.2 Å². The van der Waals surface area contributed by atoms with Crippen LogP contribution in [0.25, 0.3) is 0 Å². The van der Waals surface area contributed by atoms with Gasteiger partial charge in [0.25, 0.3) is 0 Å². The minimum Gasteiger partial charge on any atom is -0.497 e. The molecule has 2 N–H and O–H groups in total. The zero-order chi connectivity index (χ0) is 16.1. The fraction of sp³-hybridized carbons (Fsp3) is 0.368. The van der Waals surface area contributed by atoms with E-state index in [1.807, 2.05) is 12.1 Å². The first-order chi connectivity index (χ1) is 11.3. The Morgan fingerprint density at radius 2 is 2.00 bits per heavy atom. The molecule has 0 radical (unpaired) electrons. The van der Waals surface area contributed by atoms with Crippen LogP contribution in [0.2, 0.25) is 0 Å². The number of rotatable bonds is 6. The number of ether oxygens (including phenoxy) is 3. The molecule has 0 unspecified atom stereocenters. The molecule has 1 atom stereocenters. The van der Waals surface area contributed by atoms with Gasteiger partial charge in [0, 0.05) is 11.6 Å². The van der Waals surface area contributed by atoms with E-state index in [2.05, 4.69) is 35.6 Å². The van der Waals surface area contributed by atoms with Gasteiger partial charge in [0.1, 0.15) is 30.7 Å². The maximum absolute atomic E-state index is 5.95. The van der Waals surface area contributed by atoms with Crippen LogP contribution in [0.1, 0.15) is 22.8 Å². The van der Waals surface area contributed by atoms with Crippen LogP contribution in [0.15, 0.2) is 42.5 Å². The Labute approximate surface area is 137 Å². The highest BCUT2D eigenvalue weighted by atomic mass is 16.5. The number of nitrogens with two attached hydrogens (primary N) is 1. The summed E-state index contributed by atoms with van der Waals surface area (Å²) in [6.45, 7) is 2.57. The summed E-state index contributed by atoms with van der Waals surface area (Å²) in [6.07, 6.45) is 1.18. The molecule has 3 rings (SSSR count). The normalized spacial score (nSPS) is 16.7. The summed E-state index contributed by atoms with van der Waals surface area (Å²) in [5.41, 5.74) is 3.91. The molecule has 1 aliphatic rings. The molecule has 2 aromatic carbocycles. The standard InChI is InChI=1S/C19H23NO3/c1-21-16-8-7-15(18(11-16)22-2)12-20-13-19-17-6-4-3-5-14(17)9-10-23-19/h3-8,11,19-20H,9-10,12-13H2,1-2H3/p+1/t19-/m1/s1. The van der Waals surface area contributed by atoms with Crippen molar-refractivity contribution in [2.45, 2.75) is 19.1 Å². The predicted octanol–water partition coefficient (Wildman–Crippen LogP) is 2.08. The minimum absolute atomic E-state index is 0.171. The zero-order valence-electron chi connectivity index (χ0n) is 13.7. The third-order valence-corrected chi connectivity index (χ3v) is 4.33. The lowest BCUT2D eigenvalue weighted by molar-refractivity contribution is -0.678. The van der Waals surface area contributed by atoms with Gasteiger partial charge in [0.05, 0.1) is 20.8 Å². The fourth-order valence-corrected chi connectivity index (χ4v) is 3.08. The van der Waals surface area contributed by atoms with E-state index in [-0.39, 0.29) is 6.10 Å². The van der Waals surface area contributed by atoms with Crippen LogP contribution < -0.4 is 14.8 Å². The van der Waals surface area contributed by atoms with Gasteiger partial charge in [-0.2, -0.15) is 0 Å². The molecule has 0 aliphatic carbocycles. The Balaban J connectivity index is 1.62. The fourth-order valence-electron chi connectivity index (χ4n) is 3.08. The van der Waals surface area contributed by atoms with Crippen molar-refractivity contribution in [1.29, 1.82) is 0 Å². The van der Waals surface area contributed by atoms with Crippen LogP contribution in [0.5, 0.6) is 11.5 Å². The summed E-state index contributed by atoms with van der Waals surface area (Å²) in [7, 11) is 3.36. The van der Waals surface area contributed by atoms with Crippen molar-refractivity contribution in [3.05, 3.63) is 59.2 Å². The van der Waals surface area contributed by atoms with Crippen LogP contribution in [0, 0.1) is 0 Å². The Bertz CT molecular complexity index is 657. The van der Waals surface area contributed by atoms with E-state index in [9.17, 15) is 0 Å². The highest BCUT2D eigenvalue weighted by molar-refractivity contribution is 5.40. The van der Waals surface area contributed by atoms with Gasteiger partial charge in [0.15, 0.2) is 0 Å². The van der Waals surface area contributed by atoms with Gasteiger partial charge in [-0.1, -0.05) is 24.3 Å². The van der Waals surface area contributed by atoms with Gasteiger partial charge in [-0.25, -0.2) is 0 Å². The predicted molar refractivity (Wildman–Crippen MR) is 88.9 cm³/mol. The lowest BCUT2D eigenvalue weighted by Crippen LogP contribution is -2.83. The van der Waals surface area contributed by atoms with Gasteiger partial charge in [0.2, 0.25) is 0 Å². The molecule has 1 aliphatic heterocycles. The topological polar surface area (TPSA) is 44.3 Å². The molecular weight excluding hydrogens is 290 g/mol. The smallest absolute Gasteiger partial charge is 0.131 e. The average Bonchev–Trinajstić information content (AvgIpc) is 2.62. The van der Waals surface area contributed by atoms with Gasteiger partial charge >= 0.3 is 0 Å². The molecule has 0 spiro atoms. The molecule has 0 fully saturated rings. The first-order valence-electron chi connectivity index (χ1n) is 8.04. The number of quaternary nitrogens is 1. The van der Waals surface area contributed by atoms with E-state index < -0.39 is 0 Å². The van der Waals surface area contributed by atoms with E-state index in [1.165, 1.54) is 11.1 Å². The monoisotopic (exact) mass is 314 g/mol. The highest BCUT2D eigenvalue weighted by Crippen LogP contribution is 2.26. The summed E-state index contributed by atoms with van der Waals surface area (Å²) in [6, 6.07) is 14.5. The Morgan fingerprint density at radius 3 is 2.83 bits per heavy atom. The van der Waals surface area contributed by atoms with Crippen LogP contribution in [-0.4, -0.2) is 27.4 Å². The second-order valence-corrected chi connectivity index (χ2v) is 5.71. The molecular formula is C19H24NO3+. The van der Waals surface area contributed by atoms with E-state index in [1.54, 1.807) is 14.2 Å². The maximum Gasteiger partial charge on any atom is 0.131 e. The number of benzene rings is 2. The molecule has 122 valence electrons. The molecule has 1 heterocycles. The largest absolute Gasteiger partial charge is 0.497 e. The third-order valence-electron chi connectivity index (χ3n) is 4.33.